The van der Waals surface area contributed by atoms with Crippen molar-refractivity contribution in [2.75, 3.05) is 5.32 Å². The number of carboxylic acid groups (broad SMARTS) is 1. The Bertz CT molecular complexity index is 1190. The first-order chi connectivity index (χ1) is 14.0. The van der Waals surface area contributed by atoms with Gasteiger partial charge in [-0.15, -0.1) is 0 Å². The molecule has 0 spiro atoms. The number of hydrogen-bond donors (Lipinski definition) is 2. The minimum Gasteiger partial charge on any atom is -0.478 e. The summed E-state index contributed by atoms with van der Waals surface area (Å²) in [5.74, 6) is -0.214. The molecule has 0 aliphatic rings. The average Bonchev–Trinajstić information content (AvgIpc) is 3.31. The van der Waals surface area contributed by atoms with Gasteiger partial charge in [-0.3, -0.25) is 0 Å². The Morgan fingerprint density at radius 1 is 1.10 bits per heavy atom. The van der Waals surface area contributed by atoms with Gasteiger partial charge < -0.3 is 10.4 Å². The third-order valence-electron chi connectivity index (χ3n) is 4.87. The molecule has 0 amide bonds. The highest BCUT2D eigenvalue weighted by Gasteiger charge is 2.21. The molecule has 5 nitrogen and oxygen atoms in total. The zero-order chi connectivity index (χ0) is 20.5. The molecule has 146 valence electrons. The van der Waals surface area contributed by atoms with Crippen LogP contribution in [0, 0.1) is 20.8 Å². The molecule has 2 heterocycles. The number of rotatable bonds is 5. The summed E-state index contributed by atoms with van der Waals surface area (Å²) in [6, 6.07) is 15.5. The van der Waals surface area contributed by atoms with Crippen molar-refractivity contribution < 1.29 is 9.90 Å². The second-order valence-electron chi connectivity index (χ2n) is 7.00. The molecule has 0 saturated carbocycles. The molecular formula is C23H21N3O2S. The molecule has 0 saturated heterocycles. The Labute approximate surface area is 173 Å². The number of thiophene rings is 1. The number of nitrogens with one attached hydrogen (secondary N) is 1. The molecule has 4 aromatic rings. The van der Waals surface area contributed by atoms with E-state index in [0.717, 1.165) is 39.5 Å². The molecule has 6 heteroatoms. The minimum atomic E-state index is -0.966. The number of anilines is 2. The van der Waals surface area contributed by atoms with Crippen LogP contribution < -0.4 is 5.32 Å². The van der Waals surface area contributed by atoms with Crippen LogP contribution in [0.5, 0.6) is 0 Å². The standard InChI is InChI=1S/C23H21N3O2S/c1-14-8-9-19(18(12-14)23(27)28)24-22-21(17-10-11-29-13-17)16(3)25-26(22)20-7-5-4-6-15(20)2/h4-13,24H,1-3H3,(H,27,28). The van der Waals surface area contributed by atoms with Crippen LogP contribution in [-0.4, -0.2) is 20.9 Å². The number of hydrogen-bond acceptors (Lipinski definition) is 4. The quantitative estimate of drug-likeness (QED) is 0.431. The zero-order valence-corrected chi connectivity index (χ0v) is 17.2. The summed E-state index contributed by atoms with van der Waals surface area (Å²) < 4.78 is 1.86. The van der Waals surface area contributed by atoms with Crippen molar-refractivity contribution in [1.82, 2.24) is 9.78 Å². The van der Waals surface area contributed by atoms with E-state index in [1.54, 1.807) is 23.5 Å². The maximum absolute atomic E-state index is 11.8. The first-order valence-corrected chi connectivity index (χ1v) is 10.2. The van der Waals surface area contributed by atoms with Gasteiger partial charge in [-0.2, -0.15) is 16.4 Å². The van der Waals surface area contributed by atoms with E-state index in [1.807, 2.05) is 61.2 Å². The maximum atomic E-state index is 11.8. The molecular weight excluding hydrogens is 382 g/mol. The monoisotopic (exact) mass is 403 g/mol. The Morgan fingerprint density at radius 2 is 1.90 bits per heavy atom. The number of nitrogens with zero attached hydrogens (tertiary/aromatic N) is 2. The van der Waals surface area contributed by atoms with Crippen molar-refractivity contribution in [3.05, 3.63) is 81.7 Å². The van der Waals surface area contributed by atoms with Crippen molar-refractivity contribution >= 4 is 28.8 Å². The smallest absolute Gasteiger partial charge is 0.337 e. The molecule has 0 unspecified atom stereocenters. The molecule has 0 bridgehead atoms. The fourth-order valence-corrected chi connectivity index (χ4v) is 4.09. The van der Waals surface area contributed by atoms with Gasteiger partial charge in [0.2, 0.25) is 0 Å². The second kappa shape index (κ2) is 7.56. The van der Waals surface area contributed by atoms with Crippen molar-refractivity contribution in [3.63, 3.8) is 0 Å². The molecule has 0 aliphatic heterocycles. The van der Waals surface area contributed by atoms with Crippen LogP contribution >= 0.6 is 11.3 Å². The molecule has 0 fully saturated rings. The van der Waals surface area contributed by atoms with E-state index in [9.17, 15) is 9.90 Å². The first-order valence-electron chi connectivity index (χ1n) is 9.25. The largest absolute Gasteiger partial charge is 0.478 e. The van der Waals surface area contributed by atoms with E-state index in [2.05, 4.69) is 16.8 Å². The van der Waals surface area contributed by atoms with Crippen LogP contribution in [0.25, 0.3) is 16.8 Å². The van der Waals surface area contributed by atoms with Gasteiger partial charge in [-0.05, 0) is 66.9 Å². The molecule has 0 atom stereocenters. The fraction of sp³-hybridized carbons (Fsp3) is 0.130. The van der Waals surface area contributed by atoms with Crippen LogP contribution in [0.4, 0.5) is 11.5 Å². The third-order valence-corrected chi connectivity index (χ3v) is 5.56. The Balaban J connectivity index is 1.95. The van der Waals surface area contributed by atoms with E-state index >= 15 is 0 Å². The normalized spacial score (nSPS) is 10.9. The van der Waals surface area contributed by atoms with Gasteiger partial charge in [0, 0.05) is 5.56 Å². The second-order valence-corrected chi connectivity index (χ2v) is 7.78. The summed E-state index contributed by atoms with van der Waals surface area (Å²) in [5.41, 5.74) is 6.59. The maximum Gasteiger partial charge on any atom is 0.337 e. The van der Waals surface area contributed by atoms with Gasteiger partial charge in [0.15, 0.2) is 0 Å². The van der Waals surface area contributed by atoms with Crippen molar-refractivity contribution in [1.29, 1.82) is 0 Å². The van der Waals surface area contributed by atoms with Gasteiger partial charge in [0.25, 0.3) is 0 Å². The highest BCUT2D eigenvalue weighted by Crippen LogP contribution is 2.37. The van der Waals surface area contributed by atoms with Crippen LogP contribution in [-0.2, 0) is 0 Å². The number of benzene rings is 2. The van der Waals surface area contributed by atoms with Crippen molar-refractivity contribution in [2.45, 2.75) is 20.8 Å². The van der Waals surface area contributed by atoms with Crippen LogP contribution in [0.15, 0.2) is 59.3 Å². The lowest BCUT2D eigenvalue weighted by molar-refractivity contribution is 0.0698. The van der Waals surface area contributed by atoms with Crippen molar-refractivity contribution in [2.24, 2.45) is 0 Å². The van der Waals surface area contributed by atoms with Crippen molar-refractivity contribution in [3.8, 4) is 16.8 Å². The number of aromatic carboxylic acids is 1. The van der Waals surface area contributed by atoms with E-state index in [1.165, 1.54) is 0 Å². The van der Waals surface area contributed by atoms with Gasteiger partial charge in [-0.1, -0.05) is 29.8 Å². The van der Waals surface area contributed by atoms with Gasteiger partial charge in [0.1, 0.15) is 5.82 Å². The summed E-state index contributed by atoms with van der Waals surface area (Å²) in [6.07, 6.45) is 0. The zero-order valence-electron chi connectivity index (χ0n) is 16.4. The highest BCUT2D eigenvalue weighted by molar-refractivity contribution is 7.08. The fourth-order valence-electron chi connectivity index (χ4n) is 3.44. The van der Waals surface area contributed by atoms with E-state index in [-0.39, 0.29) is 5.56 Å². The molecule has 2 aromatic carbocycles. The molecule has 29 heavy (non-hydrogen) atoms. The molecule has 4 rings (SSSR count). The summed E-state index contributed by atoms with van der Waals surface area (Å²) in [4.78, 5) is 11.8. The lowest BCUT2D eigenvalue weighted by atomic mass is 10.1. The Hall–Kier alpha value is -3.38. The molecule has 0 radical (unpaired) electrons. The molecule has 2 aromatic heterocycles. The summed E-state index contributed by atoms with van der Waals surface area (Å²) in [6.45, 7) is 5.89. The predicted octanol–water partition coefficient (Wildman–Crippen LogP) is 5.97. The van der Waals surface area contributed by atoms with Crippen LogP contribution in [0.2, 0.25) is 0 Å². The summed E-state index contributed by atoms with van der Waals surface area (Å²) in [5, 5.41) is 22.0. The van der Waals surface area contributed by atoms with E-state index in [4.69, 9.17) is 5.10 Å². The highest BCUT2D eigenvalue weighted by atomic mass is 32.1. The SMILES string of the molecule is Cc1ccc(Nc2c(-c3ccsc3)c(C)nn2-c2ccccc2C)c(C(=O)O)c1. The Morgan fingerprint density at radius 3 is 2.59 bits per heavy atom. The van der Waals surface area contributed by atoms with Gasteiger partial charge in [0.05, 0.1) is 22.6 Å². The lowest BCUT2D eigenvalue weighted by Gasteiger charge is -2.15. The first kappa shape index (κ1) is 19.0. The summed E-state index contributed by atoms with van der Waals surface area (Å²) in [7, 11) is 0. The number of para-hydroxylation sites is 1. The van der Waals surface area contributed by atoms with E-state index in [0.29, 0.717) is 5.69 Å². The van der Waals surface area contributed by atoms with E-state index < -0.39 is 5.97 Å². The van der Waals surface area contributed by atoms with Gasteiger partial charge in [-0.25, -0.2) is 9.48 Å². The number of aromatic nitrogens is 2. The lowest BCUT2D eigenvalue weighted by Crippen LogP contribution is -2.08. The molecule has 0 aliphatic carbocycles. The number of aryl methyl sites for hydroxylation is 3. The topological polar surface area (TPSA) is 67.2 Å². The molecule has 2 N–H and O–H groups in total. The number of carboxylic acids is 1. The average molecular weight is 404 g/mol. The predicted molar refractivity (Wildman–Crippen MR) is 118 cm³/mol. The third kappa shape index (κ3) is 3.54. The van der Waals surface area contributed by atoms with Gasteiger partial charge >= 0.3 is 5.97 Å². The minimum absolute atomic E-state index is 0.233. The summed E-state index contributed by atoms with van der Waals surface area (Å²) >= 11 is 1.62. The van der Waals surface area contributed by atoms with Crippen LogP contribution in [0.1, 0.15) is 27.2 Å². The Kier molecular flexibility index (Phi) is 4.94. The van der Waals surface area contributed by atoms with Crippen LogP contribution in [0.3, 0.4) is 0 Å². The number of carbonyl (C=O) groups is 1.